The molecular formula is C23H20N2O2S. The van der Waals surface area contributed by atoms with Gasteiger partial charge in [-0.15, -0.1) is 0 Å². The summed E-state index contributed by atoms with van der Waals surface area (Å²) in [7, 11) is -3.74. The lowest BCUT2D eigenvalue weighted by molar-refractivity contribution is 0.584. The van der Waals surface area contributed by atoms with Gasteiger partial charge in [0.1, 0.15) is 0 Å². The Morgan fingerprint density at radius 2 is 1.43 bits per heavy atom. The molecule has 28 heavy (non-hydrogen) atoms. The number of fused-ring (bicyclic) bond motifs is 2. The highest BCUT2D eigenvalue weighted by Gasteiger charge is 2.16. The Balaban J connectivity index is 1.77. The minimum Gasteiger partial charge on any atom is -0.200 e. The first-order valence-corrected chi connectivity index (χ1v) is 10.5. The Morgan fingerprint density at radius 3 is 2.07 bits per heavy atom. The third kappa shape index (κ3) is 3.37. The third-order valence-corrected chi connectivity index (χ3v) is 6.18. The second-order valence-corrected chi connectivity index (χ2v) is 8.48. The lowest BCUT2D eigenvalue weighted by atomic mass is 9.97. The van der Waals surface area contributed by atoms with Gasteiger partial charge in [-0.3, -0.25) is 0 Å². The summed E-state index contributed by atoms with van der Waals surface area (Å²) in [5.74, 6) is 0. The highest BCUT2D eigenvalue weighted by molar-refractivity contribution is 7.89. The van der Waals surface area contributed by atoms with E-state index in [2.05, 4.69) is 16.0 Å². The van der Waals surface area contributed by atoms with Crippen LogP contribution in [0.3, 0.4) is 0 Å². The number of hydrogen-bond donors (Lipinski definition) is 1. The van der Waals surface area contributed by atoms with Crippen LogP contribution in [-0.2, 0) is 10.0 Å². The first-order valence-electron chi connectivity index (χ1n) is 8.98. The molecule has 1 N–H and O–H groups in total. The quantitative estimate of drug-likeness (QED) is 0.306. The van der Waals surface area contributed by atoms with Crippen LogP contribution >= 0.6 is 0 Å². The minimum absolute atomic E-state index is 0.243. The van der Waals surface area contributed by atoms with Crippen molar-refractivity contribution in [3.8, 4) is 0 Å². The summed E-state index contributed by atoms with van der Waals surface area (Å²) in [6.07, 6.45) is 1.59. The van der Waals surface area contributed by atoms with Crippen molar-refractivity contribution >= 4 is 37.8 Å². The molecule has 0 spiro atoms. The van der Waals surface area contributed by atoms with Crippen molar-refractivity contribution in [1.29, 1.82) is 0 Å². The van der Waals surface area contributed by atoms with E-state index in [-0.39, 0.29) is 4.90 Å². The molecule has 0 radical (unpaired) electrons. The van der Waals surface area contributed by atoms with Crippen LogP contribution in [0.5, 0.6) is 0 Å². The van der Waals surface area contributed by atoms with Crippen molar-refractivity contribution in [2.75, 3.05) is 0 Å². The number of sulfonamides is 1. The zero-order chi connectivity index (χ0) is 19.7. The van der Waals surface area contributed by atoms with E-state index in [1.807, 2.05) is 61.5 Å². The average Bonchev–Trinajstić information content (AvgIpc) is 2.69. The maximum Gasteiger partial charge on any atom is 0.276 e. The van der Waals surface area contributed by atoms with Crippen molar-refractivity contribution in [1.82, 2.24) is 4.83 Å². The van der Waals surface area contributed by atoms with Crippen molar-refractivity contribution in [2.45, 2.75) is 18.7 Å². The molecule has 0 aromatic heterocycles. The van der Waals surface area contributed by atoms with Crippen LogP contribution in [0.4, 0.5) is 0 Å². The Bertz CT molecular complexity index is 1270. The molecule has 4 aromatic rings. The molecule has 0 unspecified atom stereocenters. The monoisotopic (exact) mass is 388 g/mol. The van der Waals surface area contributed by atoms with E-state index < -0.39 is 10.0 Å². The molecule has 0 amide bonds. The predicted molar refractivity (Wildman–Crippen MR) is 115 cm³/mol. The van der Waals surface area contributed by atoms with Crippen LogP contribution in [0.2, 0.25) is 0 Å². The first-order chi connectivity index (χ1) is 13.5. The summed E-state index contributed by atoms with van der Waals surface area (Å²) in [6, 6.07) is 23.5. The number of hydrogen-bond acceptors (Lipinski definition) is 3. The van der Waals surface area contributed by atoms with Gasteiger partial charge in [0.15, 0.2) is 0 Å². The standard InChI is InChI=1S/C23H20N2O2S/c1-16-11-12-17(2)23(13-16)28(26,27)25-24-15-22-20-9-5-3-7-18(20)14-19-8-4-6-10-21(19)22/h3-15,25H,1-2H3. The molecule has 0 aliphatic rings. The summed E-state index contributed by atoms with van der Waals surface area (Å²) in [4.78, 5) is 2.61. The van der Waals surface area contributed by atoms with Gasteiger partial charge < -0.3 is 0 Å². The molecule has 0 atom stereocenters. The Kier molecular flexibility index (Phi) is 4.61. The number of benzene rings is 4. The van der Waals surface area contributed by atoms with Crippen LogP contribution in [0.15, 0.2) is 82.8 Å². The van der Waals surface area contributed by atoms with Crippen LogP contribution in [-0.4, -0.2) is 14.6 Å². The topological polar surface area (TPSA) is 58.5 Å². The SMILES string of the molecule is Cc1ccc(C)c(S(=O)(=O)NN=Cc2c3ccccc3cc3ccccc23)c1. The minimum atomic E-state index is -3.74. The van der Waals surface area contributed by atoms with Gasteiger partial charge in [-0.25, -0.2) is 4.83 Å². The first kappa shape index (κ1) is 18.2. The summed E-state index contributed by atoms with van der Waals surface area (Å²) >= 11 is 0. The van der Waals surface area contributed by atoms with Gasteiger partial charge in [0.2, 0.25) is 0 Å². The van der Waals surface area contributed by atoms with Gasteiger partial charge >= 0.3 is 0 Å². The van der Waals surface area contributed by atoms with Gasteiger partial charge in [0.05, 0.1) is 11.1 Å². The molecule has 4 nitrogen and oxygen atoms in total. The van der Waals surface area contributed by atoms with Gasteiger partial charge in [-0.2, -0.15) is 13.5 Å². The maximum atomic E-state index is 12.7. The van der Waals surface area contributed by atoms with Crippen LogP contribution in [0, 0.1) is 13.8 Å². The van der Waals surface area contributed by atoms with Gasteiger partial charge in [0.25, 0.3) is 10.0 Å². The summed E-state index contributed by atoms with van der Waals surface area (Å²) in [6.45, 7) is 3.64. The zero-order valence-electron chi connectivity index (χ0n) is 15.7. The predicted octanol–water partition coefficient (Wildman–Crippen LogP) is 4.92. The molecule has 4 aromatic carbocycles. The molecule has 5 heteroatoms. The van der Waals surface area contributed by atoms with E-state index in [1.54, 1.807) is 25.3 Å². The van der Waals surface area contributed by atoms with Crippen molar-refractivity contribution in [3.63, 3.8) is 0 Å². The molecule has 0 saturated carbocycles. The van der Waals surface area contributed by atoms with Crippen molar-refractivity contribution in [2.24, 2.45) is 5.10 Å². The Labute approximate surface area is 164 Å². The van der Waals surface area contributed by atoms with Crippen LogP contribution in [0.25, 0.3) is 21.5 Å². The van der Waals surface area contributed by atoms with Crippen LogP contribution < -0.4 is 4.83 Å². The smallest absolute Gasteiger partial charge is 0.200 e. The second-order valence-electron chi connectivity index (χ2n) is 6.85. The van der Waals surface area contributed by atoms with Crippen molar-refractivity contribution < 1.29 is 8.42 Å². The van der Waals surface area contributed by atoms with Gasteiger partial charge in [-0.1, -0.05) is 60.7 Å². The number of nitrogens with zero attached hydrogens (tertiary/aromatic N) is 1. The fourth-order valence-corrected chi connectivity index (χ4v) is 4.52. The largest absolute Gasteiger partial charge is 0.276 e. The van der Waals surface area contributed by atoms with E-state index in [1.165, 1.54) is 0 Å². The lowest BCUT2D eigenvalue weighted by Gasteiger charge is -2.09. The third-order valence-electron chi connectivity index (χ3n) is 4.81. The highest BCUT2D eigenvalue weighted by atomic mass is 32.2. The summed E-state index contributed by atoms with van der Waals surface area (Å²) in [5, 5.41) is 8.31. The van der Waals surface area contributed by atoms with E-state index in [9.17, 15) is 8.42 Å². The van der Waals surface area contributed by atoms with Crippen molar-refractivity contribution in [3.05, 3.63) is 89.5 Å². The number of nitrogens with one attached hydrogen (secondary N) is 1. The van der Waals surface area contributed by atoms with E-state index in [0.717, 1.165) is 32.7 Å². The van der Waals surface area contributed by atoms with Gasteiger partial charge in [-0.05, 0) is 58.7 Å². The summed E-state index contributed by atoms with van der Waals surface area (Å²) in [5.41, 5.74) is 2.45. The summed E-state index contributed by atoms with van der Waals surface area (Å²) < 4.78 is 25.4. The molecule has 0 aliphatic heterocycles. The molecule has 0 heterocycles. The Morgan fingerprint density at radius 1 is 0.821 bits per heavy atom. The van der Waals surface area contributed by atoms with E-state index in [4.69, 9.17) is 0 Å². The van der Waals surface area contributed by atoms with E-state index >= 15 is 0 Å². The normalized spacial score (nSPS) is 12.1. The van der Waals surface area contributed by atoms with E-state index in [0.29, 0.717) is 5.56 Å². The van der Waals surface area contributed by atoms with Gasteiger partial charge in [0, 0.05) is 5.56 Å². The molecule has 0 aliphatic carbocycles. The molecule has 0 saturated heterocycles. The molecular weight excluding hydrogens is 368 g/mol. The fraction of sp³-hybridized carbons (Fsp3) is 0.0870. The number of rotatable bonds is 4. The second kappa shape index (κ2) is 7.09. The maximum absolute atomic E-state index is 12.7. The Hall–Kier alpha value is -3.18. The zero-order valence-corrected chi connectivity index (χ0v) is 16.5. The average molecular weight is 388 g/mol. The number of hydrazone groups is 1. The van der Waals surface area contributed by atoms with Crippen LogP contribution in [0.1, 0.15) is 16.7 Å². The molecule has 4 rings (SSSR count). The lowest BCUT2D eigenvalue weighted by Crippen LogP contribution is -2.19. The molecule has 140 valence electrons. The highest BCUT2D eigenvalue weighted by Crippen LogP contribution is 2.27. The molecule has 0 bridgehead atoms. The fourth-order valence-electron chi connectivity index (χ4n) is 3.39. The molecule has 0 fully saturated rings. The number of aryl methyl sites for hydroxylation is 2.